The van der Waals surface area contributed by atoms with Crippen molar-refractivity contribution < 1.29 is 23.8 Å². The first-order valence-electron chi connectivity index (χ1n) is 12.0. The van der Waals surface area contributed by atoms with E-state index in [-0.39, 0.29) is 18.4 Å². The van der Waals surface area contributed by atoms with Gasteiger partial charge in [0.1, 0.15) is 11.5 Å². The molecule has 0 bridgehead atoms. The van der Waals surface area contributed by atoms with Crippen molar-refractivity contribution in [3.63, 3.8) is 0 Å². The number of nitrogens with zero attached hydrogens (tertiary/aromatic N) is 2. The van der Waals surface area contributed by atoms with E-state index in [1.165, 1.54) is 18.9 Å². The third kappa shape index (κ3) is 5.51. The second-order valence-corrected chi connectivity index (χ2v) is 9.46. The maximum atomic E-state index is 13.1. The van der Waals surface area contributed by atoms with E-state index in [9.17, 15) is 9.59 Å². The fourth-order valence-corrected chi connectivity index (χ4v) is 5.43. The third-order valence-electron chi connectivity index (χ3n) is 6.34. The van der Waals surface area contributed by atoms with Gasteiger partial charge in [-0.15, -0.1) is 0 Å². The van der Waals surface area contributed by atoms with Crippen LogP contribution in [0.1, 0.15) is 49.9 Å². The van der Waals surface area contributed by atoms with E-state index in [1.54, 1.807) is 20.3 Å². The van der Waals surface area contributed by atoms with Crippen molar-refractivity contribution in [3.05, 3.63) is 82.0 Å². The topological polar surface area (TPSA) is 89.5 Å². The van der Waals surface area contributed by atoms with Gasteiger partial charge in [-0.25, -0.2) is 9.79 Å². The number of methoxy groups -OCH3 is 3. The summed E-state index contributed by atoms with van der Waals surface area (Å²) in [5, 5.41) is 5.70. The smallest absolute Gasteiger partial charge is 0.338 e. The molecule has 1 N–H and O–H groups in total. The number of thioether (sulfide) groups is 1. The number of fused-ring (bicyclic) bond motifs is 1. The minimum absolute atomic E-state index is 0.122. The number of hydrogen-bond acceptors (Lipinski definition) is 8. The Bertz CT molecular complexity index is 1250. The summed E-state index contributed by atoms with van der Waals surface area (Å²) in [6.45, 7) is 3.91. The Morgan fingerprint density at radius 2 is 1.76 bits per heavy atom. The van der Waals surface area contributed by atoms with Crippen molar-refractivity contribution in [1.82, 2.24) is 10.2 Å². The van der Waals surface area contributed by atoms with Crippen molar-refractivity contribution in [1.29, 1.82) is 0 Å². The van der Waals surface area contributed by atoms with Crippen LogP contribution in [0.4, 0.5) is 0 Å². The minimum Gasteiger partial charge on any atom is -0.497 e. The average Bonchev–Trinajstić information content (AvgIpc) is 3.33. The zero-order chi connectivity index (χ0) is 26.5. The second kappa shape index (κ2) is 11.6. The molecule has 2 aliphatic heterocycles. The van der Waals surface area contributed by atoms with Crippen LogP contribution >= 0.6 is 11.8 Å². The zero-order valence-corrected chi connectivity index (χ0v) is 22.4. The number of amidine groups is 1. The number of esters is 1. The Labute approximate surface area is 221 Å². The third-order valence-corrected chi connectivity index (χ3v) is 7.23. The maximum Gasteiger partial charge on any atom is 0.338 e. The van der Waals surface area contributed by atoms with E-state index in [2.05, 4.69) is 5.32 Å². The van der Waals surface area contributed by atoms with Crippen LogP contribution in [0, 0.1) is 0 Å². The van der Waals surface area contributed by atoms with Crippen molar-refractivity contribution >= 4 is 28.8 Å². The largest absolute Gasteiger partial charge is 0.497 e. The molecular formula is C28H31N3O5S. The highest BCUT2D eigenvalue weighted by Gasteiger charge is 2.42. The monoisotopic (exact) mass is 521 g/mol. The number of allylic oxidation sites excluding steroid dienone is 1. The molecular weight excluding hydrogens is 490 g/mol. The van der Waals surface area contributed by atoms with Gasteiger partial charge in [0.2, 0.25) is 5.91 Å². The summed E-state index contributed by atoms with van der Waals surface area (Å²) in [6, 6.07) is 14.6. The molecule has 0 saturated carbocycles. The van der Waals surface area contributed by atoms with Gasteiger partial charge in [0.05, 0.1) is 51.1 Å². The number of aliphatic imine (C=N–C) groups is 1. The number of ether oxygens (including phenoxy) is 3. The van der Waals surface area contributed by atoms with Crippen molar-refractivity contribution in [2.24, 2.45) is 4.99 Å². The lowest BCUT2D eigenvalue weighted by Gasteiger charge is -2.36. The van der Waals surface area contributed by atoms with Gasteiger partial charge >= 0.3 is 5.97 Å². The number of amides is 1. The Balaban J connectivity index is 1.71. The second-order valence-electron chi connectivity index (χ2n) is 8.62. The molecule has 1 amide bonds. The lowest BCUT2D eigenvalue weighted by molar-refractivity contribution is -0.136. The zero-order valence-electron chi connectivity index (χ0n) is 21.6. The molecule has 194 valence electrons. The normalized spacial score (nSPS) is 17.4. The number of benzene rings is 2. The van der Waals surface area contributed by atoms with E-state index in [0.29, 0.717) is 34.4 Å². The highest BCUT2D eigenvalue weighted by Crippen LogP contribution is 2.46. The van der Waals surface area contributed by atoms with Gasteiger partial charge in [-0.1, -0.05) is 49.0 Å². The Kier molecular flexibility index (Phi) is 8.23. The van der Waals surface area contributed by atoms with Crippen LogP contribution in [0.3, 0.4) is 0 Å². The minimum atomic E-state index is -0.570. The molecule has 2 aromatic rings. The molecule has 0 fully saturated rings. The number of carbonyl (C=O) groups is 2. The molecule has 0 saturated heterocycles. The van der Waals surface area contributed by atoms with Gasteiger partial charge in [0, 0.05) is 11.8 Å². The molecule has 0 aromatic heterocycles. The summed E-state index contributed by atoms with van der Waals surface area (Å²) in [5.41, 5.74) is 3.60. The van der Waals surface area contributed by atoms with Crippen molar-refractivity contribution in [2.45, 2.75) is 38.8 Å². The van der Waals surface area contributed by atoms with Crippen LogP contribution in [-0.4, -0.2) is 43.3 Å². The molecule has 0 radical (unpaired) electrons. The van der Waals surface area contributed by atoms with E-state index in [0.717, 1.165) is 16.8 Å². The summed E-state index contributed by atoms with van der Waals surface area (Å²) >= 11 is 1.44. The van der Waals surface area contributed by atoms with Gasteiger partial charge < -0.3 is 24.4 Å². The lowest BCUT2D eigenvalue weighted by Crippen LogP contribution is -2.38. The molecule has 2 heterocycles. The van der Waals surface area contributed by atoms with Crippen molar-refractivity contribution in [3.8, 4) is 11.5 Å². The van der Waals surface area contributed by atoms with E-state index in [1.807, 2.05) is 66.6 Å². The highest BCUT2D eigenvalue weighted by atomic mass is 32.2. The summed E-state index contributed by atoms with van der Waals surface area (Å²) in [6.07, 6.45) is 0.668. The standard InChI is InChI=1S/C28H31N3O5S/c1-6-23-25(27(33)36-5)26(19-12-21(34-3)15-22(13-19)35-4)31-20(16-37-28(31)30-23)14-24(32)29-17(2)18-10-8-7-9-11-18/h7-13,15-17,26H,6,14H2,1-5H3,(H,29,32)/t17-,26+/m1/s1. The molecule has 2 atom stereocenters. The summed E-state index contributed by atoms with van der Waals surface area (Å²) in [5.74, 6) is 0.584. The highest BCUT2D eigenvalue weighted by molar-refractivity contribution is 8.16. The van der Waals surface area contributed by atoms with Crippen LogP contribution in [0.2, 0.25) is 0 Å². The molecule has 9 heteroatoms. The molecule has 8 nitrogen and oxygen atoms in total. The SMILES string of the molecule is CCC1=C(C(=O)OC)[C@H](c2cc(OC)cc(OC)c2)N2C(CC(=O)N[C@H](C)c3ccccc3)=CSC2=N1. The summed E-state index contributed by atoms with van der Waals surface area (Å²) in [7, 11) is 4.52. The Morgan fingerprint density at radius 1 is 1.08 bits per heavy atom. The maximum absolute atomic E-state index is 13.1. The quantitative estimate of drug-likeness (QED) is 0.459. The van der Waals surface area contributed by atoms with E-state index >= 15 is 0 Å². The van der Waals surface area contributed by atoms with Gasteiger partial charge in [0.15, 0.2) is 5.17 Å². The molecule has 0 aliphatic carbocycles. The summed E-state index contributed by atoms with van der Waals surface area (Å²) < 4.78 is 16.2. The molecule has 4 rings (SSSR count). The molecule has 0 unspecified atom stereocenters. The number of carbonyl (C=O) groups excluding carboxylic acids is 2. The van der Waals surface area contributed by atoms with Gasteiger partial charge in [-0.2, -0.15) is 0 Å². The predicted molar refractivity (Wildman–Crippen MR) is 144 cm³/mol. The van der Waals surface area contributed by atoms with Crippen LogP contribution in [-0.2, 0) is 14.3 Å². The summed E-state index contributed by atoms with van der Waals surface area (Å²) in [4.78, 5) is 32.9. The first-order chi connectivity index (χ1) is 17.9. The van der Waals surface area contributed by atoms with Crippen molar-refractivity contribution in [2.75, 3.05) is 21.3 Å². The molecule has 0 spiro atoms. The fourth-order valence-electron chi connectivity index (χ4n) is 4.50. The molecule has 2 aromatic carbocycles. The fraction of sp³-hybridized carbons (Fsp3) is 0.321. The molecule has 2 aliphatic rings. The first-order valence-corrected chi connectivity index (χ1v) is 12.9. The van der Waals surface area contributed by atoms with Gasteiger partial charge in [-0.05, 0) is 42.0 Å². The van der Waals surface area contributed by atoms with Crippen LogP contribution in [0.5, 0.6) is 11.5 Å². The van der Waals surface area contributed by atoms with Crippen LogP contribution < -0.4 is 14.8 Å². The predicted octanol–water partition coefficient (Wildman–Crippen LogP) is 5.11. The lowest BCUT2D eigenvalue weighted by atomic mass is 9.92. The van der Waals surface area contributed by atoms with Gasteiger partial charge in [0.25, 0.3) is 0 Å². The van der Waals surface area contributed by atoms with E-state index in [4.69, 9.17) is 19.2 Å². The average molecular weight is 522 g/mol. The molecule has 37 heavy (non-hydrogen) atoms. The van der Waals surface area contributed by atoms with Crippen LogP contribution in [0.25, 0.3) is 0 Å². The number of nitrogens with one attached hydrogen (secondary N) is 1. The number of rotatable bonds is 9. The number of hydrogen-bond donors (Lipinski definition) is 1. The van der Waals surface area contributed by atoms with Gasteiger partial charge in [-0.3, -0.25) is 4.79 Å². The van der Waals surface area contributed by atoms with E-state index < -0.39 is 12.0 Å². The first kappa shape index (κ1) is 26.3. The Hall–Kier alpha value is -3.72. The Morgan fingerprint density at radius 3 is 2.35 bits per heavy atom. The van der Waals surface area contributed by atoms with Crippen LogP contribution in [0.15, 0.2) is 75.9 Å².